The van der Waals surface area contributed by atoms with Crippen LogP contribution in [0.5, 0.6) is 5.75 Å². The number of aryl methyl sites for hydroxylation is 1. The number of hydrazone groups is 1. The molecule has 0 spiro atoms. The fourth-order valence-corrected chi connectivity index (χ4v) is 3.02. The number of nitrogens with zero attached hydrogens (tertiary/aromatic N) is 3. The molecule has 1 amide bonds. The summed E-state index contributed by atoms with van der Waals surface area (Å²) in [5, 5.41) is 4.69. The van der Waals surface area contributed by atoms with E-state index in [9.17, 15) is 4.79 Å². The zero-order valence-electron chi connectivity index (χ0n) is 15.2. The zero-order chi connectivity index (χ0) is 19.4. The minimum Gasteiger partial charge on any atom is -0.495 e. The van der Waals surface area contributed by atoms with Gasteiger partial charge >= 0.3 is 0 Å². The van der Waals surface area contributed by atoms with Gasteiger partial charge in [0.2, 0.25) is 0 Å². The van der Waals surface area contributed by atoms with Gasteiger partial charge < -0.3 is 9.30 Å². The van der Waals surface area contributed by atoms with Crippen LogP contribution in [0, 0.1) is 13.8 Å². The molecule has 0 aliphatic rings. The molecule has 3 rings (SSSR count). The largest absolute Gasteiger partial charge is 0.495 e. The molecule has 0 saturated carbocycles. The third kappa shape index (κ3) is 4.01. The van der Waals surface area contributed by atoms with E-state index in [2.05, 4.69) is 15.5 Å². The maximum absolute atomic E-state index is 12.0. The van der Waals surface area contributed by atoms with E-state index in [1.54, 1.807) is 43.9 Å². The van der Waals surface area contributed by atoms with Gasteiger partial charge in [0.15, 0.2) is 0 Å². The lowest BCUT2D eigenvalue weighted by molar-refractivity contribution is 0.0955. The van der Waals surface area contributed by atoms with Crippen molar-refractivity contribution in [3.05, 3.63) is 76.3 Å². The van der Waals surface area contributed by atoms with Gasteiger partial charge in [0.1, 0.15) is 5.75 Å². The van der Waals surface area contributed by atoms with Crippen LogP contribution in [0.2, 0.25) is 5.02 Å². The van der Waals surface area contributed by atoms with Crippen molar-refractivity contribution >= 4 is 23.7 Å². The molecule has 0 radical (unpaired) electrons. The van der Waals surface area contributed by atoms with E-state index in [0.717, 1.165) is 28.4 Å². The highest BCUT2D eigenvalue weighted by atomic mass is 35.5. The van der Waals surface area contributed by atoms with E-state index in [1.807, 2.05) is 36.6 Å². The average molecular weight is 383 g/mol. The van der Waals surface area contributed by atoms with Crippen molar-refractivity contribution in [1.82, 2.24) is 15.0 Å². The van der Waals surface area contributed by atoms with Crippen LogP contribution >= 0.6 is 11.6 Å². The highest BCUT2D eigenvalue weighted by Gasteiger charge is 2.14. The number of pyridine rings is 1. The van der Waals surface area contributed by atoms with Gasteiger partial charge in [0.05, 0.1) is 19.0 Å². The third-order valence-electron chi connectivity index (χ3n) is 4.16. The molecule has 2 aromatic heterocycles. The first-order valence-electron chi connectivity index (χ1n) is 8.27. The van der Waals surface area contributed by atoms with Crippen molar-refractivity contribution in [2.24, 2.45) is 5.10 Å². The molecule has 1 aromatic carbocycles. The molecule has 0 unspecified atom stereocenters. The summed E-state index contributed by atoms with van der Waals surface area (Å²) in [5.41, 5.74) is 6.69. The number of hydrogen-bond acceptors (Lipinski definition) is 4. The Morgan fingerprint density at radius 3 is 2.67 bits per heavy atom. The Morgan fingerprint density at radius 1 is 1.22 bits per heavy atom. The topological polar surface area (TPSA) is 68.5 Å². The van der Waals surface area contributed by atoms with Gasteiger partial charge in [-0.05, 0) is 50.2 Å². The van der Waals surface area contributed by atoms with Crippen LogP contribution in [0.25, 0.3) is 5.69 Å². The minimum absolute atomic E-state index is 0.293. The molecule has 2 heterocycles. The highest BCUT2D eigenvalue weighted by molar-refractivity contribution is 6.30. The van der Waals surface area contributed by atoms with Crippen LogP contribution in [0.3, 0.4) is 0 Å². The SMILES string of the molecule is COc1ccc(Cl)cc1-n1c(C)cc(/C=N\NC(=O)c2ccncc2)c1C. The van der Waals surface area contributed by atoms with E-state index in [4.69, 9.17) is 16.3 Å². The molecule has 6 nitrogen and oxygen atoms in total. The van der Waals surface area contributed by atoms with E-state index in [0.29, 0.717) is 10.6 Å². The smallest absolute Gasteiger partial charge is 0.271 e. The van der Waals surface area contributed by atoms with Gasteiger partial charge in [-0.15, -0.1) is 0 Å². The lowest BCUT2D eigenvalue weighted by Gasteiger charge is -2.14. The van der Waals surface area contributed by atoms with Crippen molar-refractivity contribution in [3.63, 3.8) is 0 Å². The van der Waals surface area contributed by atoms with Gasteiger partial charge in [-0.25, -0.2) is 5.43 Å². The second-order valence-electron chi connectivity index (χ2n) is 5.91. The van der Waals surface area contributed by atoms with Crippen LogP contribution in [0.4, 0.5) is 0 Å². The summed E-state index contributed by atoms with van der Waals surface area (Å²) in [6.45, 7) is 3.96. The van der Waals surface area contributed by atoms with E-state index in [-0.39, 0.29) is 5.91 Å². The number of aromatic nitrogens is 2. The first-order valence-corrected chi connectivity index (χ1v) is 8.65. The Kier molecular flexibility index (Phi) is 5.57. The van der Waals surface area contributed by atoms with Crippen LogP contribution in [-0.4, -0.2) is 28.8 Å². The number of carbonyl (C=O) groups excluding carboxylic acids is 1. The molecule has 3 aromatic rings. The fraction of sp³-hybridized carbons (Fsp3) is 0.150. The van der Waals surface area contributed by atoms with Crippen molar-refractivity contribution in [2.45, 2.75) is 13.8 Å². The predicted molar refractivity (Wildman–Crippen MR) is 106 cm³/mol. The summed E-state index contributed by atoms with van der Waals surface area (Å²) in [6.07, 6.45) is 4.74. The number of benzene rings is 1. The lowest BCUT2D eigenvalue weighted by Crippen LogP contribution is -2.17. The molecule has 7 heteroatoms. The standard InChI is InChI=1S/C20H19ClN4O2/c1-13-10-16(12-23-24-20(26)15-6-8-22-9-7-15)14(2)25(13)18-11-17(21)4-5-19(18)27-3/h4-12H,1-3H3,(H,24,26)/b23-12-. The minimum atomic E-state index is -0.293. The van der Waals surface area contributed by atoms with Crippen molar-refractivity contribution in [2.75, 3.05) is 7.11 Å². The van der Waals surface area contributed by atoms with Gasteiger partial charge in [-0.1, -0.05) is 11.6 Å². The molecule has 27 heavy (non-hydrogen) atoms. The Morgan fingerprint density at radius 2 is 1.96 bits per heavy atom. The molecule has 0 bridgehead atoms. The number of rotatable bonds is 5. The van der Waals surface area contributed by atoms with Crippen LogP contribution in [-0.2, 0) is 0 Å². The number of nitrogens with one attached hydrogen (secondary N) is 1. The summed E-state index contributed by atoms with van der Waals surface area (Å²) in [5.74, 6) is 0.426. The van der Waals surface area contributed by atoms with Crippen molar-refractivity contribution in [1.29, 1.82) is 0 Å². The van der Waals surface area contributed by atoms with Gasteiger partial charge in [0, 0.05) is 39.9 Å². The summed E-state index contributed by atoms with van der Waals surface area (Å²) < 4.78 is 7.50. The second-order valence-corrected chi connectivity index (χ2v) is 6.35. The fourth-order valence-electron chi connectivity index (χ4n) is 2.86. The molecule has 0 aliphatic heterocycles. The number of carbonyl (C=O) groups is 1. The second kappa shape index (κ2) is 8.05. The van der Waals surface area contributed by atoms with Gasteiger partial charge in [-0.3, -0.25) is 9.78 Å². The monoisotopic (exact) mass is 382 g/mol. The Balaban J connectivity index is 1.86. The van der Waals surface area contributed by atoms with E-state index in [1.165, 1.54) is 0 Å². The maximum Gasteiger partial charge on any atom is 0.271 e. The first-order chi connectivity index (χ1) is 13.0. The van der Waals surface area contributed by atoms with Crippen LogP contribution in [0.1, 0.15) is 27.3 Å². The molecular formula is C20H19ClN4O2. The van der Waals surface area contributed by atoms with Gasteiger partial charge in [0.25, 0.3) is 5.91 Å². The number of amides is 1. The Labute approximate surface area is 162 Å². The average Bonchev–Trinajstić information content (AvgIpc) is 2.95. The Hall–Kier alpha value is -3.12. The number of methoxy groups -OCH3 is 1. The normalized spacial score (nSPS) is 11.0. The zero-order valence-corrected chi connectivity index (χ0v) is 16.0. The third-order valence-corrected chi connectivity index (χ3v) is 4.40. The Bertz CT molecular complexity index is 997. The molecular weight excluding hydrogens is 364 g/mol. The molecule has 138 valence electrons. The quantitative estimate of drug-likeness (QED) is 0.537. The maximum atomic E-state index is 12.0. The molecule has 0 aliphatic carbocycles. The van der Waals surface area contributed by atoms with E-state index >= 15 is 0 Å². The summed E-state index contributed by atoms with van der Waals surface area (Å²) in [6, 6.07) is 10.7. The van der Waals surface area contributed by atoms with Crippen molar-refractivity contribution < 1.29 is 9.53 Å². The number of ether oxygens (including phenoxy) is 1. The first kappa shape index (κ1) is 18.7. The van der Waals surface area contributed by atoms with Gasteiger partial charge in [-0.2, -0.15) is 5.10 Å². The highest BCUT2D eigenvalue weighted by Crippen LogP contribution is 2.30. The summed E-state index contributed by atoms with van der Waals surface area (Å²) in [7, 11) is 1.62. The summed E-state index contributed by atoms with van der Waals surface area (Å²) >= 11 is 6.16. The number of halogens is 1. The predicted octanol–water partition coefficient (Wildman–Crippen LogP) is 3.92. The molecule has 1 N–H and O–H groups in total. The molecule has 0 saturated heterocycles. The van der Waals surface area contributed by atoms with E-state index < -0.39 is 0 Å². The van der Waals surface area contributed by atoms with Crippen molar-refractivity contribution in [3.8, 4) is 11.4 Å². The number of hydrogen-bond donors (Lipinski definition) is 1. The molecule has 0 atom stereocenters. The van der Waals surface area contributed by atoms with Crippen LogP contribution < -0.4 is 10.2 Å². The lowest BCUT2D eigenvalue weighted by atomic mass is 10.2. The summed E-state index contributed by atoms with van der Waals surface area (Å²) in [4.78, 5) is 15.9. The molecule has 0 fully saturated rings. The van der Waals surface area contributed by atoms with Crippen LogP contribution in [0.15, 0.2) is 53.9 Å².